The molecule has 0 fully saturated rings. The first-order chi connectivity index (χ1) is 19.4. The van der Waals surface area contributed by atoms with Gasteiger partial charge in [-0.05, 0) is 42.5 Å². The van der Waals surface area contributed by atoms with Gasteiger partial charge in [-0.25, -0.2) is 0 Å². The Morgan fingerprint density at radius 2 is 0.846 bits per heavy atom. The summed E-state index contributed by atoms with van der Waals surface area (Å²) in [6.07, 6.45) is 0. The Labute approximate surface area is 228 Å². The predicted octanol–water partition coefficient (Wildman–Crippen LogP) is 10.2. The number of fused-ring (bicyclic) bond motifs is 10. The molecule has 0 amide bonds. The van der Waals surface area contributed by atoms with E-state index in [4.69, 9.17) is 0 Å². The van der Waals surface area contributed by atoms with Crippen LogP contribution in [0.5, 0.6) is 0 Å². The normalized spacial score (nSPS) is 12.1. The molecular weight excluding hydrogens is 492 g/mol. The summed E-state index contributed by atoms with van der Waals surface area (Å²) in [4.78, 5) is 0. The van der Waals surface area contributed by atoms with Gasteiger partial charge in [-0.2, -0.15) is 0 Å². The summed E-state index contributed by atoms with van der Waals surface area (Å²) in [5.41, 5.74) is 7.26. The first-order valence-corrected chi connectivity index (χ1v) is 14.1. The quantitative estimate of drug-likeness (QED) is 0.217. The van der Waals surface area contributed by atoms with Crippen LogP contribution in [0, 0.1) is 0 Å². The van der Waals surface area contributed by atoms with E-state index >= 15 is 0 Å². The average Bonchev–Trinajstić information content (AvgIpc) is 3.65. The van der Waals surface area contributed by atoms with E-state index < -0.39 is 0 Å². The largest absolute Gasteiger partial charge is 0.307 e. The molecule has 0 bridgehead atoms. The van der Waals surface area contributed by atoms with E-state index in [1.807, 2.05) is 11.3 Å². The van der Waals surface area contributed by atoms with E-state index in [0.29, 0.717) is 0 Å². The van der Waals surface area contributed by atoms with Gasteiger partial charge in [0.25, 0.3) is 0 Å². The third-order valence-corrected chi connectivity index (χ3v) is 9.33. The minimum atomic E-state index is 1.17. The summed E-state index contributed by atoms with van der Waals surface area (Å²) in [7, 11) is 0. The highest BCUT2D eigenvalue weighted by atomic mass is 32.1. The van der Waals surface area contributed by atoms with Gasteiger partial charge in [0.2, 0.25) is 0 Å². The Hall–Kier alpha value is -4.86. The molecule has 3 heteroatoms. The zero-order valence-corrected chi connectivity index (χ0v) is 21.8. The Balaban J connectivity index is 1.45. The van der Waals surface area contributed by atoms with Crippen molar-refractivity contribution < 1.29 is 0 Å². The van der Waals surface area contributed by atoms with Crippen molar-refractivity contribution in [3.8, 4) is 11.4 Å². The SMILES string of the molecule is c1ccc(-n2c3ccccc3c3c4sc5ccccc5c4ccc32)c(-n2c3ccccc3c3ccccc32)c1. The minimum Gasteiger partial charge on any atom is -0.307 e. The molecule has 0 unspecified atom stereocenters. The molecule has 0 spiro atoms. The van der Waals surface area contributed by atoms with E-state index in [1.165, 1.54) is 75.2 Å². The highest BCUT2D eigenvalue weighted by molar-refractivity contribution is 7.26. The van der Waals surface area contributed by atoms with E-state index in [1.54, 1.807) is 0 Å². The maximum atomic E-state index is 2.47. The highest BCUT2D eigenvalue weighted by Gasteiger charge is 2.20. The topological polar surface area (TPSA) is 9.86 Å². The van der Waals surface area contributed by atoms with Gasteiger partial charge in [0, 0.05) is 41.7 Å². The summed E-state index contributed by atoms with van der Waals surface area (Å²) < 4.78 is 7.59. The summed E-state index contributed by atoms with van der Waals surface area (Å²) in [5.74, 6) is 0. The molecule has 0 aliphatic rings. The Morgan fingerprint density at radius 3 is 1.51 bits per heavy atom. The van der Waals surface area contributed by atoms with Crippen molar-refractivity contribution in [3.63, 3.8) is 0 Å². The van der Waals surface area contributed by atoms with Crippen LogP contribution in [0.4, 0.5) is 0 Å². The number of para-hydroxylation sites is 5. The lowest BCUT2D eigenvalue weighted by Gasteiger charge is -2.16. The van der Waals surface area contributed by atoms with E-state index in [0.717, 1.165) is 0 Å². The van der Waals surface area contributed by atoms with Crippen molar-refractivity contribution in [1.29, 1.82) is 0 Å². The Bertz CT molecular complexity index is 2350. The van der Waals surface area contributed by atoms with Crippen molar-refractivity contribution >= 4 is 75.1 Å². The number of hydrogen-bond acceptors (Lipinski definition) is 1. The minimum absolute atomic E-state index is 1.17. The van der Waals surface area contributed by atoms with Crippen molar-refractivity contribution in [1.82, 2.24) is 9.13 Å². The van der Waals surface area contributed by atoms with Crippen LogP contribution in [-0.4, -0.2) is 9.13 Å². The third-order valence-electron chi connectivity index (χ3n) is 8.12. The fraction of sp³-hybridized carbons (Fsp3) is 0. The van der Waals surface area contributed by atoms with Crippen LogP contribution in [0.2, 0.25) is 0 Å². The fourth-order valence-electron chi connectivity index (χ4n) is 6.52. The Kier molecular flexibility index (Phi) is 4.24. The molecule has 3 aromatic heterocycles. The van der Waals surface area contributed by atoms with Crippen LogP contribution in [-0.2, 0) is 0 Å². The van der Waals surface area contributed by atoms with Crippen LogP contribution in [0.15, 0.2) is 133 Å². The zero-order chi connectivity index (χ0) is 25.5. The standard InChI is InChI=1S/C36H22N2S/c1-5-15-28-23(11-1)24-12-2-6-16-29(24)37(28)31-18-8-9-19-32(31)38-30-17-7-3-14-27(30)35-33(38)22-21-26-25-13-4-10-20-34(25)39-36(26)35/h1-22H. The van der Waals surface area contributed by atoms with Crippen molar-refractivity contribution in [2.45, 2.75) is 0 Å². The number of benzene rings is 6. The lowest BCUT2D eigenvalue weighted by Crippen LogP contribution is -2.03. The molecule has 0 atom stereocenters. The van der Waals surface area contributed by atoms with Crippen LogP contribution in [0.25, 0.3) is 75.2 Å². The lowest BCUT2D eigenvalue weighted by molar-refractivity contribution is 1.10. The van der Waals surface area contributed by atoms with Crippen LogP contribution < -0.4 is 0 Å². The van der Waals surface area contributed by atoms with Gasteiger partial charge in [0.1, 0.15) is 0 Å². The Morgan fingerprint density at radius 1 is 0.359 bits per heavy atom. The molecule has 9 aromatic rings. The van der Waals surface area contributed by atoms with Gasteiger partial charge >= 0.3 is 0 Å². The van der Waals surface area contributed by atoms with Crippen LogP contribution in [0.3, 0.4) is 0 Å². The second kappa shape index (κ2) is 7.83. The fourth-order valence-corrected chi connectivity index (χ4v) is 7.78. The predicted molar refractivity (Wildman–Crippen MR) is 168 cm³/mol. The third kappa shape index (κ3) is 2.80. The van der Waals surface area contributed by atoms with Gasteiger partial charge in [-0.15, -0.1) is 11.3 Å². The first kappa shape index (κ1) is 21.1. The molecule has 0 aliphatic carbocycles. The van der Waals surface area contributed by atoms with Gasteiger partial charge in [0.15, 0.2) is 0 Å². The highest BCUT2D eigenvalue weighted by Crippen LogP contribution is 2.44. The number of hydrogen-bond donors (Lipinski definition) is 0. The molecule has 0 aliphatic heterocycles. The van der Waals surface area contributed by atoms with Gasteiger partial charge in [-0.1, -0.05) is 91.0 Å². The maximum absolute atomic E-state index is 2.47. The number of thiophene rings is 1. The summed E-state index contributed by atoms with van der Waals surface area (Å²) >= 11 is 1.90. The average molecular weight is 515 g/mol. The molecule has 39 heavy (non-hydrogen) atoms. The van der Waals surface area contributed by atoms with Crippen molar-refractivity contribution in [2.24, 2.45) is 0 Å². The van der Waals surface area contributed by atoms with Gasteiger partial charge in [0.05, 0.1) is 33.4 Å². The monoisotopic (exact) mass is 514 g/mol. The first-order valence-electron chi connectivity index (χ1n) is 13.3. The molecule has 0 saturated heterocycles. The van der Waals surface area contributed by atoms with E-state index in [9.17, 15) is 0 Å². The molecular formula is C36H22N2S. The van der Waals surface area contributed by atoms with Gasteiger partial charge in [-0.3, -0.25) is 0 Å². The van der Waals surface area contributed by atoms with E-state index in [2.05, 4.69) is 143 Å². The number of nitrogens with zero attached hydrogens (tertiary/aromatic N) is 2. The molecule has 6 aromatic carbocycles. The summed E-state index contributed by atoms with van der Waals surface area (Å²) in [6, 6.07) is 48.6. The zero-order valence-electron chi connectivity index (χ0n) is 21.0. The van der Waals surface area contributed by atoms with Crippen molar-refractivity contribution in [3.05, 3.63) is 133 Å². The molecule has 182 valence electrons. The molecule has 3 heterocycles. The smallest absolute Gasteiger partial charge is 0.0702 e. The summed E-state index contributed by atoms with van der Waals surface area (Å²) in [6.45, 7) is 0. The lowest BCUT2D eigenvalue weighted by atomic mass is 10.1. The molecule has 0 radical (unpaired) electrons. The molecule has 9 rings (SSSR count). The van der Waals surface area contributed by atoms with Gasteiger partial charge < -0.3 is 9.13 Å². The molecule has 0 N–H and O–H groups in total. The van der Waals surface area contributed by atoms with Crippen molar-refractivity contribution in [2.75, 3.05) is 0 Å². The number of rotatable bonds is 2. The summed E-state index contributed by atoms with van der Waals surface area (Å²) in [5, 5.41) is 7.85. The second-order valence-electron chi connectivity index (χ2n) is 10.1. The second-order valence-corrected chi connectivity index (χ2v) is 11.2. The maximum Gasteiger partial charge on any atom is 0.0702 e. The molecule has 2 nitrogen and oxygen atoms in total. The number of aromatic nitrogens is 2. The van der Waals surface area contributed by atoms with Crippen LogP contribution >= 0.6 is 11.3 Å². The molecule has 0 saturated carbocycles. The van der Waals surface area contributed by atoms with E-state index in [-0.39, 0.29) is 0 Å². The van der Waals surface area contributed by atoms with Crippen LogP contribution in [0.1, 0.15) is 0 Å².